The summed E-state index contributed by atoms with van der Waals surface area (Å²) in [5, 5.41) is 8.86. The molecule has 0 aromatic rings. The number of ketones is 1. The Morgan fingerprint density at radius 2 is 1.67 bits per heavy atom. The van der Waals surface area contributed by atoms with Gasteiger partial charge in [0.05, 0.1) is 27.6 Å². The summed E-state index contributed by atoms with van der Waals surface area (Å²) >= 11 is 0. The number of rotatable bonds is 10. The molecule has 0 heterocycles. The first kappa shape index (κ1) is 19.6. The number of Topliss-reactive ketones (excluding diaryl/α,β-unsaturated/α-hetero) is 1. The molecule has 0 rings (SSSR count). The normalized spacial score (nSPS) is 13.0. The van der Waals surface area contributed by atoms with Gasteiger partial charge in [0.1, 0.15) is 12.3 Å². The maximum Gasteiger partial charge on any atom is 0.307 e. The van der Waals surface area contributed by atoms with Gasteiger partial charge in [0.2, 0.25) is 0 Å². The summed E-state index contributed by atoms with van der Waals surface area (Å²) in [6.07, 6.45) is 0.0969. The lowest BCUT2D eigenvalue weighted by molar-refractivity contribution is -0.873. The van der Waals surface area contributed by atoms with Crippen LogP contribution >= 0.6 is 0 Å². The Labute approximate surface area is 126 Å². The van der Waals surface area contributed by atoms with Gasteiger partial charge in [-0.1, -0.05) is 13.8 Å². The summed E-state index contributed by atoms with van der Waals surface area (Å²) in [5.74, 6) is -1.34. The van der Waals surface area contributed by atoms with Crippen LogP contribution in [0.2, 0.25) is 0 Å². The minimum absolute atomic E-state index is 0.0287. The highest BCUT2D eigenvalue weighted by Crippen LogP contribution is 2.09. The molecule has 0 amide bonds. The minimum Gasteiger partial charge on any atom is -0.481 e. The molecule has 0 radical (unpaired) electrons. The van der Waals surface area contributed by atoms with Gasteiger partial charge in [-0.2, -0.15) is 0 Å². The molecule has 21 heavy (non-hydrogen) atoms. The van der Waals surface area contributed by atoms with E-state index in [2.05, 4.69) is 0 Å². The first-order chi connectivity index (χ1) is 9.51. The number of hydrogen-bond acceptors (Lipinski definition) is 4. The van der Waals surface area contributed by atoms with Crippen LogP contribution in [0.3, 0.4) is 0 Å². The summed E-state index contributed by atoms with van der Waals surface area (Å²) in [6, 6.07) is 0. The third-order valence-electron chi connectivity index (χ3n) is 2.90. The number of aliphatic carboxylic acids is 1. The molecule has 0 saturated carbocycles. The van der Waals surface area contributed by atoms with E-state index in [1.807, 2.05) is 35.0 Å². The number of quaternary nitrogens is 1. The van der Waals surface area contributed by atoms with Crippen molar-refractivity contribution in [2.45, 2.75) is 45.6 Å². The van der Waals surface area contributed by atoms with E-state index in [1.54, 1.807) is 0 Å². The predicted molar refractivity (Wildman–Crippen MR) is 78.7 cm³/mol. The summed E-state index contributed by atoms with van der Waals surface area (Å²) in [6.45, 7) is 4.08. The highest BCUT2D eigenvalue weighted by Gasteiger charge is 2.24. The van der Waals surface area contributed by atoms with E-state index in [4.69, 9.17) is 9.84 Å². The van der Waals surface area contributed by atoms with Crippen LogP contribution < -0.4 is 0 Å². The van der Waals surface area contributed by atoms with Crippen LogP contribution in [-0.2, 0) is 19.1 Å². The number of esters is 1. The molecule has 1 atom stereocenters. The van der Waals surface area contributed by atoms with Crippen molar-refractivity contribution in [2.24, 2.45) is 5.92 Å². The Balaban J connectivity index is 4.27. The standard InChI is InChI=1S/C15H27NO5/c1-11(2)13(17)7-6-8-15(20)21-12(9-14(18)19)10-16(3,4)5/h11-12H,6-10H2,1-5H3/p+1. The van der Waals surface area contributed by atoms with E-state index in [1.165, 1.54) is 0 Å². The maximum absolute atomic E-state index is 11.7. The van der Waals surface area contributed by atoms with Gasteiger partial charge in [-0.3, -0.25) is 14.4 Å². The highest BCUT2D eigenvalue weighted by molar-refractivity contribution is 5.80. The van der Waals surface area contributed by atoms with Crippen LogP contribution in [0, 0.1) is 5.92 Å². The molecule has 0 aliphatic rings. The van der Waals surface area contributed by atoms with E-state index in [0.717, 1.165) is 0 Å². The largest absolute Gasteiger partial charge is 0.481 e. The monoisotopic (exact) mass is 302 g/mol. The molecule has 0 aromatic carbocycles. The number of likely N-dealkylation sites (N-methyl/N-ethyl adjacent to an activating group) is 1. The van der Waals surface area contributed by atoms with Crippen molar-refractivity contribution in [3.63, 3.8) is 0 Å². The van der Waals surface area contributed by atoms with Crippen LogP contribution in [-0.4, -0.2) is 61.1 Å². The lowest BCUT2D eigenvalue weighted by atomic mass is 10.0. The topological polar surface area (TPSA) is 80.7 Å². The number of carbonyl (C=O) groups is 3. The zero-order valence-electron chi connectivity index (χ0n) is 13.7. The molecule has 0 aliphatic heterocycles. The third kappa shape index (κ3) is 11.0. The smallest absolute Gasteiger partial charge is 0.307 e. The number of carbonyl (C=O) groups excluding carboxylic acids is 2. The van der Waals surface area contributed by atoms with Crippen LogP contribution in [0.5, 0.6) is 0 Å². The number of nitrogens with zero attached hydrogens (tertiary/aromatic N) is 1. The van der Waals surface area contributed by atoms with Gasteiger partial charge in [-0.25, -0.2) is 0 Å². The molecule has 0 aliphatic carbocycles. The second-order valence-corrected chi connectivity index (χ2v) is 6.66. The molecule has 0 spiro atoms. The van der Waals surface area contributed by atoms with Gasteiger partial charge in [0, 0.05) is 18.8 Å². The maximum atomic E-state index is 11.7. The van der Waals surface area contributed by atoms with E-state index in [-0.39, 0.29) is 24.5 Å². The average molecular weight is 302 g/mol. The van der Waals surface area contributed by atoms with E-state index >= 15 is 0 Å². The van der Waals surface area contributed by atoms with Gasteiger partial charge < -0.3 is 14.3 Å². The molecule has 1 unspecified atom stereocenters. The summed E-state index contributed by atoms with van der Waals surface area (Å²) in [7, 11) is 5.72. The van der Waals surface area contributed by atoms with Gasteiger partial charge in [0.25, 0.3) is 0 Å². The fraction of sp³-hybridized carbons (Fsp3) is 0.800. The predicted octanol–water partition coefficient (Wildman–Crippen LogP) is 1.47. The molecular weight excluding hydrogens is 274 g/mol. The van der Waals surface area contributed by atoms with Crippen LogP contribution in [0.15, 0.2) is 0 Å². The molecule has 6 nitrogen and oxygen atoms in total. The van der Waals surface area contributed by atoms with E-state index < -0.39 is 18.0 Å². The highest BCUT2D eigenvalue weighted by atomic mass is 16.5. The Bertz CT molecular complexity index is 371. The van der Waals surface area contributed by atoms with E-state index in [0.29, 0.717) is 23.9 Å². The van der Waals surface area contributed by atoms with Gasteiger partial charge in [-0.15, -0.1) is 0 Å². The van der Waals surface area contributed by atoms with Crippen molar-refractivity contribution in [3.05, 3.63) is 0 Å². The van der Waals surface area contributed by atoms with Crippen molar-refractivity contribution in [3.8, 4) is 0 Å². The Morgan fingerprint density at radius 3 is 2.10 bits per heavy atom. The lowest BCUT2D eigenvalue weighted by Crippen LogP contribution is -2.43. The second kappa shape index (κ2) is 8.77. The Morgan fingerprint density at radius 1 is 1.10 bits per heavy atom. The zero-order valence-corrected chi connectivity index (χ0v) is 13.7. The molecule has 6 heteroatoms. The molecule has 0 saturated heterocycles. The number of carboxylic acids is 1. The quantitative estimate of drug-likeness (QED) is 0.488. The second-order valence-electron chi connectivity index (χ2n) is 6.66. The summed E-state index contributed by atoms with van der Waals surface area (Å²) in [5.41, 5.74) is 0. The molecule has 0 fully saturated rings. The minimum atomic E-state index is -0.990. The Hall–Kier alpha value is -1.43. The van der Waals surface area contributed by atoms with Crippen molar-refractivity contribution >= 4 is 17.7 Å². The molecule has 0 bridgehead atoms. The van der Waals surface area contributed by atoms with Crippen LogP contribution in [0.1, 0.15) is 39.5 Å². The third-order valence-corrected chi connectivity index (χ3v) is 2.90. The fourth-order valence-corrected chi connectivity index (χ4v) is 1.89. The molecule has 0 aromatic heterocycles. The van der Waals surface area contributed by atoms with Gasteiger partial charge >= 0.3 is 11.9 Å². The Kier molecular flexibility index (Phi) is 8.17. The van der Waals surface area contributed by atoms with Crippen LogP contribution in [0.25, 0.3) is 0 Å². The van der Waals surface area contributed by atoms with Gasteiger partial charge in [-0.05, 0) is 6.42 Å². The fourth-order valence-electron chi connectivity index (χ4n) is 1.89. The van der Waals surface area contributed by atoms with Crippen molar-refractivity contribution in [1.82, 2.24) is 0 Å². The molecule has 122 valence electrons. The average Bonchev–Trinajstić information content (AvgIpc) is 2.24. The molecule has 1 N–H and O–H groups in total. The summed E-state index contributed by atoms with van der Waals surface area (Å²) < 4.78 is 5.74. The van der Waals surface area contributed by atoms with E-state index in [9.17, 15) is 14.4 Å². The first-order valence-electron chi connectivity index (χ1n) is 7.25. The number of hydrogen-bond donors (Lipinski definition) is 1. The molecular formula is C15H28NO5+. The SMILES string of the molecule is CC(C)C(=O)CCCC(=O)OC(CC(=O)O)C[N+](C)(C)C. The lowest BCUT2D eigenvalue weighted by Gasteiger charge is -2.28. The number of ether oxygens (including phenoxy) is 1. The van der Waals surface area contributed by atoms with Gasteiger partial charge in [0.15, 0.2) is 6.10 Å². The van der Waals surface area contributed by atoms with Crippen LogP contribution in [0.4, 0.5) is 0 Å². The summed E-state index contributed by atoms with van der Waals surface area (Å²) in [4.78, 5) is 34.0. The first-order valence-corrected chi connectivity index (χ1v) is 7.25. The van der Waals surface area contributed by atoms with Crippen molar-refractivity contribution < 1.29 is 28.7 Å². The van der Waals surface area contributed by atoms with Crippen molar-refractivity contribution in [2.75, 3.05) is 27.7 Å². The number of carboxylic acid groups (broad SMARTS) is 1. The zero-order chi connectivity index (χ0) is 16.6. The van der Waals surface area contributed by atoms with Crippen molar-refractivity contribution in [1.29, 1.82) is 0 Å².